The lowest BCUT2D eigenvalue weighted by Gasteiger charge is -2.22. The van der Waals surface area contributed by atoms with Crippen LogP contribution in [0.5, 0.6) is 5.75 Å². The maximum absolute atomic E-state index is 11.3. The molecule has 0 fully saturated rings. The summed E-state index contributed by atoms with van der Waals surface area (Å²) in [6, 6.07) is 6.96. The number of carbonyl (C=O) groups excluding carboxylic acids is 1. The number of hydrogen-bond acceptors (Lipinski definition) is 3. The minimum atomic E-state index is -0.664. The first-order chi connectivity index (χ1) is 6.31. The zero-order chi connectivity index (χ0) is 9.26. The summed E-state index contributed by atoms with van der Waals surface area (Å²) in [5.74, 6) is 0.176. The van der Waals surface area contributed by atoms with Gasteiger partial charge in [0.15, 0.2) is 0 Å². The van der Waals surface area contributed by atoms with Crippen LogP contribution >= 0.6 is 0 Å². The fourth-order valence-electron chi connectivity index (χ4n) is 1.15. The standard InChI is InChI=1S/C10H8O3/c1-2-9-12-8-6-4-3-5-7(8)10(11)13-9/h2-6,9H,1H2. The van der Waals surface area contributed by atoms with Crippen LogP contribution in [0.3, 0.4) is 0 Å². The van der Waals surface area contributed by atoms with Crippen LogP contribution in [0.1, 0.15) is 10.4 Å². The molecule has 1 aromatic rings. The van der Waals surface area contributed by atoms with E-state index < -0.39 is 6.29 Å². The average molecular weight is 176 g/mol. The predicted octanol–water partition coefficient (Wildman–Crippen LogP) is 1.75. The first-order valence-corrected chi connectivity index (χ1v) is 3.90. The number of carbonyl (C=O) groups is 1. The molecule has 66 valence electrons. The fraction of sp³-hybridized carbons (Fsp3) is 0.100. The molecule has 0 N–H and O–H groups in total. The lowest BCUT2D eigenvalue weighted by atomic mass is 10.2. The topological polar surface area (TPSA) is 35.5 Å². The molecule has 0 spiro atoms. The number of ether oxygens (including phenoxy) is 2. The molecule has 0 amide bonds. The molecule has 3 heteroatoms. The van der Waals surface area contributed by atoms with Gasteiger partial charge in [0.1, 0.15) is 11.3 Å². The molecule has 1 heterocycles. The van der Waals surface area contributed by atoms with E-state index in [-0.39, 0.29) is 5.97 Å². The van der Waals surface area contributed by atoms with Crippen LogP contribution in [0.15, 0.2) is 36.9 Å². The molecule has 1 atom stereocenters. The average Bonchev–Trinajstić information content (AvgIpc) is 2.18. The molecule has 0 saturated heterocycles. The smallest absolute Gasteiger partial charge is 0.345 e. The van der Waals surface area contributed by atoms with Gasteiger partial charge in [0, 0.05) is 0 Å². The fourth-order valence-corrected chi connectivity index (χ4v) is 1.15. The zero-order valence-corrected chi connectivity index (χ0v) is 6.90. The maximum Gasteiger partial charge on any atom is 0.345 e. The molecule has 0 aliphatic carbocycles. The Kier molecular flexibility index (Phi) is 1.77. The summed E-state index contributed by atoms with van der Waals surface area (Å²) >= 11 is 0. The lowest BCUT2D eigenvalue weighted by molar-refractivity contribution is -0.0331. The molecule has 2 rings (SSSR count). The van der Waals surface area contributed by atoms with Gasteiger partial charge in [-0.15, -0.1) is 0 Å². The van der Waals surface area contributed by atoms with Crippen molar-refractivity contribution in [1.82, 2.24) is 0 Å². The van der Waals surface area contributed by atoms with Crippen molar-refractivity contribution < 1.29 is 14.3 Å². The molecule has 0 aromatic heterocycles. The first kappa shape index (κ1) is 7.86. The third-order valence-electron chi connectivity index (χ3n) is 1.77. The number of benzene rings is 1. The van der Waals surface area contributed by atoms with Crippen LogP contribution in [-0.2, 0) is 4.74 Å². The first-order valence-electron chi connectivity index (χ1n) is 3.90. The van der Waals surface area contributed by atoms with Gasteiger partial charge in [-0.2, -0.15) is 0 Å². The summed E-state index contributed by atoms with van der Waals surface area (Å²) in [6.07, 6.45) is 0.774. The monoisotopic (exact) mass is 176 g/mol. The summed E-state index contributed by atoms with van der Waals surface area (Å²) < 4.78 is 10.2. The van der Waals surface area contributed by atoms with Crippen molar-refractivity contribution in [2.45, 2.75) is 6.29 Å². The minimum Gasteiger partial charge on any atom is -0.450 e. The van der Waals surface area contributed by atoms with Crippen LogP contribution in [0.4, 0.5) is 0 Å². The van der Waals surface area contributed by atoms with Crippen molar-refractivity contribution in [2.75, 3.05) is 0 Å². The summed E-state index contributed by atoms with van der Waals surface area (Å²) in [5.41, 5.74) is 0.459. The Bertz CT molecular complexity index is 357. The van der Waals surface area contributed by atoms with E-state index in [1.807, 2.05) is 0 Å². The third kappa shape index (κ3) is 1.28. The van der Waals surface area contributed by atoms with E-state index in [2.05, 4.69) is 6.58 Å². The Morgan fingerprint density at radius 3 is 2.85 bits per heavy atom. The Morgan fingerprint density at radius 2 is 2.08 bits per heavy atom. The summed E-state index contributed by atoms with van der Waals surface area (Å²) in [6.45, 7) is 3.49. The Hall–Kier alpha value is -1.77. The van der Waals surface area contributed by atoms with Crippen molar-refractivity contribution >= 4 is 5.97 Å². The van der Waals surface area contributed by atoms with Crippen LogP contribution in [0.25, 0.3) is 0 Å². The van der Waals surface area contributed by atoms with Crippen molar-refractivity contribution in [3.05, 3.63) is 42.5 Å². The molecule has 1 aliphatic rings. The molecule has 1 aromatic carbocycles. The summed E-state index contributed by atoms with van der Waals surface area (Å²) in [5, 5.41) is 0. The predicted molar refractivity (Wildman–Crippen MR) is 46.5 cm³/mol. The van der Waals surface area contributed by atoms with Gasteiger partial charge in [0.2, 0.25) is 0 Å². The second kappa shape index (κ2) is 2.94. The van der Waals surface area contributed by atoms with Crippen molar-refractivity contribution in [3.8, 4) is 5.75 Å². The molecule has 1 unspecified atom stereocenters. The van der Waals surface area contributed by atoms with E-state index in [0.29, 0.717) is 11.3 Å². The van der Waals surface area contributed by atoms with E-state index in [1.54, 1.807) is 24.3 Å². The molecule has 13 heavy (non-hydrogen) atoms. The van der Waals surface area contributed by atoms with E-state index in [4.69, 9.17) is 9.47 Å². The van der Waals surface area contributed by atoms with Gasteiger partial charge in [-0.3, -0.25) is 0 Å². The summed E-state index contributed by atoms with van der Waals surface area (Å²) in [7, 11) is 0. The molecule has 3 nitrogen and oxygen atoms in total. The molecule has 0 radical (unpaired) electrons. The third-order valence-corrected chi connectivity index (χ3v) is 1.77. The Labute approximate surface area is 75.6 Å². The number of hydrogen-bond donors (Lipinski definition) is 0. The second-order valence-electron chi connectivity index (χ2n) is 2.62. The molecule has 0 saturated carbocycles. The maximum atomic E-state index is 11.3. The SMILES string of the molecule is C=CC1OC(=O)c2ccccc2O1. The molecule has 0 bridgehead atoms. The van der Waals surface area contributed by atoms with E-state index >= 15 is 0 Å². The number of esters is 1. The summed E-state index contributed by atoms with van der Waals surface area (Å²) in [4.78, 5) is 11.3. The normalized spacial score (nSPS) is 19.7. The van der Waals surface area contributed by atoms with Crippen molar-refractivity contribution in [2.24, 2.45) is 0 Å². The number of para-hydroxylation sites is 1. The van der Waals surface area contributed by atoms with E-state index in [9.17, 15) is 4.79 Å². The van der Waals surface area contributed by atoms with Crippen LogP contribution in [-0.4, -0.2) is 12.3 Å². The zero-order valence-electron chi connectivity index (χ0n) is 6.90. The van der Waals surface area contributed by atoms with Gasteiger partial charge in [-0.05, 0) is 18.2 Å². The molecular weight excluding hydrogens is 168 g/mol. The number of fused-ring (bicyclic) bond motifs is 1. The van der Waals surface area contributed by atoms with E-state index in [0.717, 1.165) is 0 Å². The van der Waals surface area contributed by atoms with Crippen molar-refractivity contribution in [3.63, 3.8) is 0 Å². The molecular formula is C10H8O3. The highest BCUT2D eigenvalue weighted by Gasteiger charge is 2.24. The highest BCUT2D eigenvalue weighted by atomic mass is 16.7. The number of cyclic esters (lactones) is 1. The number of rotatable bonds is 1. The van der Waals surface area contributed by atoms with Gasteiger partial charge in [0.05, 0.1) is 0 Å². The van der Waals surface area contributed by atoms with Crippen molar-refractivity contribution in [1.29, 1.82) is 0 Å². The quantitative estimate of drug-likeness (QED) is 0.483. The van der Waals surface area contributed by atoms with Gasteiger partial charge in [0.25, 0.3) is 6.29 Å². The van der Waals surface area contributed by atoms with Crippen LogP contribution in [0.2, 0.25) is 0 Å². The largest absolute Gasteiger partial charge is 0.450 e. The lowest BCUT2D eigenvalue weighted by Crippen LogP contribution is -2.27. The van der Waals surface area contributed by atoms with Gasteiger partial charge in [-0.25, -0.2) is 4.79 Å². The van der Waals surface area contributed by atoms with Crippen LogP contribution < -0.4 is 4.74 Å². The van der Waals surface area contributed by atoms with E-state index in [1.165, 1.54) is 6.08 Å². The second-order valence-corrected chi connectivity index (χ2v) is 2.62. The van der Waals surface area contributed by atoms with Gasteiger partial charge < -0.3 is 9.47 Å². The highest BCUT2D eigenvalue weighted by molar-refractivity contribution is 5.93. The highest BCUT2D eigenvalue weighted by Crippen LogP contribution is 2.25. The Morgan fingerprint density at radius 1 is 1.31 bits per heavy atom. The van der Waals surface area contributed by atoms with Gasteiger partial charge in [-0.1, -0.05) is 18.7 Å². The molecule has 1 aliphatic heterocycles. The minimum absolute atomic E-state index is 0.369. The van der Waals surface area contributed by atoms with Crippen LogP contribution in [0, 0.1) is 0 Å². The Balaban J connectivity index is 2.42. The van der Waals surface area contributed by atoms with Gasteiger partial charge >= 0.3 is 5.97 Å².